The van der Waals surface area contributed by atoms with E-state index in [9.17, 15) is 9.90 Å². The minimum absolute atomic E-state index is 0.0427. The highest BCUT2D eigenvalue weighted by atomic mass is 28.3. The molecule has 0 bridgehead atoms. The van der Waals surface area contributed by atoms with Gasteiger partial charge in [0.05, 0.1) is 17.2 Å². The van der Waals surface area contributed by atoms with Gasteiger partial charge < -0.3 is 9.52 Å². The second-order valence-corrected chi connectivity index (χ2v) is 11.0. The first-order valence-corrected chi connectivity index (χ1v) is 10.3. The molecule has 1 N–H and O–H groups in total. The van der Waals surface area contributed by atoms with Gasteiger partial charge >= 0.3 is 0 Å². The third-order valence-electron chi connectivity index (χ3n) is 3.24. The number of benzene rings is 1. The number of carbonyl (C=O) groups is 1. The molecule has 0 radical (unpaired) electrons. The van der Waals surface area contributed by atoms with Gasteiger partial charge in [0, 0.05) is 6.42 Å². The zero-order chi connectivity index (χ0) is 14.8. The topological polar surface area (TPSA) is 50.4 Å². The van der Waals surface area contributed by atoms with Crippen molar-refractivity contribution in [3.8, 4) is 5.75 Å². The van der Waals surface area contributed by atoms with Crippen LogP contribution in [0.2, 0.25) is 19.6 Å². The van der Waals surface area contributed by atoms with Crippen LogP contribution in [0, 0.1) is 0 Å². The van der Waals surface area contributed by atoms with Gasteiger partial charge in [0.1, 0.15) is 13.8 Å². The van der Waals surface area contributed by atoms with Gasteiger partial charge in [0.15, 0.2) is 5.78 Å². The molecule has 0 aliphatic carbocycles. The van der Waals surface area contributed by atoms with Crippen LogP contribution in [0.25, 0.3) is 0 Å². The van der Waals surface area contributed by atoms with Crippen molar-refractivity contribution in [3.05, 3.63) is 47.7 Å². The molecule has 0 unspecified atom stereocenters. The quantitative estimate of drug-likeness (QED) is 0.678. The van der Waals surface area contributed by atoms with E-state index < -0.39 is 8.07 Å². The van der Waals surface area contributed by atoms with E-state index in [0.29, 0.717) is 18.4 Å². The normalized spacial score (nSPS) is 11.6. The molecule has 4 heteroatoms. The summed E-state index contributed by atoms with van der Waals surface area (Å²) in [5.74, 6) is 0.00587. The Kier molecular flexibility index (Phi) is 4.14. The van der Waals surface area contributed by atoms with Crippen LogP contribution in [-0.2, 0) is 6.42 Å². The van der Waals surface area contributed by atoms with Gasteiger partial charge in [0.2, 0.25) is 0 Å². The van der Waals surface area contributed by atoms with Gasteiger partial charge in [-0.1, -0.05) is 31.8 Å². The van der Waals surface area contributed by atoms with Gasteiger partial charge in [-0.15, -0.1) is 0 Å². The SMILES string of the molecule is C[Si](C)(C)c1cc(CCC(=O)c2ccccc2O)co1. The van der Waals surface area contributed by atoms with E-state index in [-0.39, 0.29) is 11.5 Å². The van der Waals surface area contributed by atoms with Crippen LogP contribution in [0.1, 0.15) is 22.3 Å². The average Bonchev–Trinajstić information content (AvgIpc) is 2.85. The second-order valence-electron chi connectivity index (χ2n) is 6.01. The van der Waals surface area contributed by atoms with Crippen LogP contribution >= 0.6 is 0 Å². The Balaban J connectivity index is 2.01. The van der Waals surface area contributed by atoms with Crippen molar-refractivity contribution >= 4 is 19.2 Å². The largest absolute Gasteiger partial charge is 0.507 e. The van der Waals surface area contributed by atoms with Gasteiger partial charge in [-0.2, -0.15) is 0 Å². The van der Waals surface area contributed by atoms with E-state index in [4.69, 9.17) is 4.42 Å². The number of phenolic OH excluding ortho intramolecular Hbond substituents is 1. The lowest BCUT2D eigenvalue weighted by molar-refractivity contribution is 0.0980. The number of hydrogen-bond donors (Lipinski definition) is 1. The molecule has 106 valence electrons. The van der Waals surface area contributed by atoms with Crippen LogP contribution in [0.4, 0.5) is 0 Å². The highest BCUT2D eigenvalue weighted by Crippen LogP contribution is 2.18. The fourth-order valence-electron chi connectivity index (χ4n) is 2.00. The summed E-state index contributed by atoms with van der Waals surface area (Å²) in [7, 11) is -1.43. The number of Topliss-reactive ketones (excluding diaryl/α,β-unsaturated/α-hetero) is 1. The smallest absolute Gasteiger partial charge is 0.166 e. The summed E-state index contributed by atoms with van der Waals surface area (Å²) in [5, 5.41) is 10.7. The molecule has 0 atom stereocenters. The maximum Gasteiger partial charge on any atom is 0.166 e. The monoisotopic (exact) mass is 288 g/mol. The Hall–Kier alpha value is -1.81. The molecular formula is C16H20O3Si. The van der Waals surface area contributed by atoms with Crippen LogP contribution in [0.15, 0.2) is 41.0 Å². The fourth-order valence-corrected chi connectivity index (χ4v) is 3.03. The first-order chi connectivity index (χ1) is 9.38. The Morgan fingerprint density at radius 1 is 1.25 bits per heavy atom. The van der Waals surface area contributed by atoms with Gasteiger partial charge in [0.25, 0.3) is 0 Å². The van der Waals surface area contributed by atoms with Crippen LogP contribution in [-0.4, -0.2) is 19.0 Å². The fraction of sp³-hybridized carbons (Fsp3) is 0.312. The first-order valence-electron chi connectivity index (χ1n) is 6.77. The number of ketones is 1. The number of para-hydroxylation sites is 1. The summed E-state index contributed by atoms with van der Waals surface area (Å²) in [6.07, 6.45) is 2.76. The van der Waals surface area contributed by atoms with Crippen molar-refractivity contribution < 1.29 is 14.3 Å². The predicted molar refractivity (Wildman–Crippen MR) is 82.4 cm³/mol. The van der Waals surface area contributed by atoms with E-state index in [1.54, 1.807) is 24.5 Å². The van der Waals surface area contributed by atoms with Crippen molar-refractivity contribution in [2.24, 2.45) is 0 Å². The molecule has 0 saturated carbocycles. The van der Waals surface area contributed by atoms with Crippen LogP contribution in [0.5, 0.6) is 5.75 Å². The second kappa shape index (κ2) is 5.67. The Morgan fingerprint density at radius 2 is 1.95 bits per heavy atom. The summed E-state index contributed by atoms with van der Waals surface area (Å²) in [4.78, 5) is 12.1. The number of hydrogen-bond acceptors (Lipinski definition) is 3. The van der Waals surface area contributed by atoms with Crippen molar-refractivity contribution in [2.75, 3.05) is 0 Å². The van der Waals surface area contributed by atoms with Gasteiger partial charge in [-0.3, -0.25) is 4.79 Å². The van der Waals surface area contributed by atoms with Gasteiger partial charge in [-0.25, -0.2) is 0 Å². The number of aromatic hydroxyl groups is 1. The van der Waals surface area contributed by atoms with Crippen molar-refractivity contribution in [3.63, 3.8) is 0 Å². The molecular weight excluding hydrogens is 268 g/mol. The van der Waals surface area contributed by atoms with E-state index in [1.807, 2.05) is 0 Å². The summed E-state index contributed by atoms with van der Waals surface area (Å²) in [5.41, 5.74) is 1.44. The van der Waals surface area contributed by atoms with E-state index in [1.165, 1.54) is 6.07 Å². The number of aryl methyl sites for hydroxylation is 1. The standard InChI is InChI=1S/C16H20O3Si/c1-20(2,3)16-10-12(11-19-16)8-9-15(18)13-6-4-5-7-14(13)17/h4-7,10-11,17H,8-9H2,1-3H3. The molecule has 0 spiro atoms. The summed E-state index contributed by atoms with van der Waals surface area (Å²) in [6.45, 7) is 6.67. The molecule has 20 heavy (non-hydrogen) atoms. The Labute approximate surface area is 120 Å². The lowest BCUT2D eigenvalue weighted by Crippen LogP contribution is -2.36. The summed E-state index contributed by atoms with van der Waals surface area (Å²) in [6, 6.07) is 8.72. The predicted octanol–water partition coefficient (Wildman–Crippen LogP) is 3.35. The van der Waals surface area contributed by atoms with E-state index in [2.05, 4.69) is 25.7 Å². The highest BCUT2D eigenvalue weighted by molar-refractivity contribution is 6.87. The molecule has 1 heterocycles. The maximum absolute atomic E-state index is 12.1. The molecule has 0 fully saturated rings. The minimum Gasteiger partial charge on any atom is -0.507 e. The van der Waals surface area contributed by atoms with Crippen LogP contribution < -0.4 is 5.38 Å². The number of phenols is 1. The third-order valence-corrected chi connectivity index (χ3v) is 4.98. The lowest BCUT2D eigenvalue weighted by Gasteiger charge is -2.10. The third kappa shape index (κ3) is 3.39. The molecule has 0 aliphatic rings. The zero-order valence-corrected chi connectivity index (χ0v) is 13.1. The number of carbonyl (C=O) groups excluding carboxylic acids is 1. The molecule has 0 amide bonds. The number of furan rings is 1. The molecule has 0 saturated heterocycles. The van der Waals surface area contributed by atoms with Crippen molar-refractivity contribution in [2.45, 2.75) is 32.5 Å². The van der Waals surface area contributed by atoms with E-state index in [0.717, 1.165) is 10.9 Å². The molecule has 1 aromatic carbocycles. The highest BCUT2D eigenvalue weighted by Gasteiger charge is 2.21. The lowest BCUT2D eigenvalue weighted by atomic mass is 10.0. The van der Waals surface area contributed by atoms with Crippen LogP contribution in [0.3, 0.4) is 0 Å². The molecule has 1 aromatic heterocycles. The first kappa shape index (κ1) is 14.6. The summed E-state index contributed by atoms with van der Waals surface area (Å²) < 4.78 is 5.59. The Morgan fingerprint density at radius 3 is 2.55 bits per heavy atom. The molecule has 0 aliphatic heterocycles. The van der Waals surface area contributed by atoms with Crippen molar-refractivity contribution in [1.29, 1.82) is 0 Å². The minimum atomic E-state index is -1.43. The molecule has 2 rings (SSSR count). The maximum atomic E-state index is 12.1. The average molecular weight is 288 g/mol. The molecule has 2 aromatic rings. The number of rotatable bonds is 5. The van der Waals surface area contributed by atoms with Crippen molar-refractivity contribution in [1.82, 2.24) is 0 Å². The van der Waals surface area contributed by atoms with Gasteiger partial charge in [-0.05, 0) is 30.2 Å². The molecule has 3 nitrogen and oxygen atoms in total. The Bertz CT molecular complexity index is 608. The zero-order valence-electron chi connectivity index (χ0n) is 12.1. The summed E-state index contributed by atoms with van der Waals surface area (Å²) >= 11 is 0. The van der Waals surface area contributed by atoms with E-state index >= 15 is 0 Å².